The quantitative estimate of drug-likeness (QED) is 0.234. The average molecular weight is 542 g/mol. The zero-order valence-electron chi connectivity index (χ0n) is 20.3. The third kappa shape index (κ3) is 7.23. The number of halogens is 2. The van der Waals surface area contributed by atoms with Crippen molar-refractivity contribution in [2.45, 2.75) is 24.8 Å². The van der Waals surface area contributed by atoms with Gasteiger partial charge in [-0.25, -0.2) is 10.4 Å². The molecule has 7 nitrogen and oxygen atoms in total. The van der Waals surface area contributed by atoms with E-state index in [-0.39, 0.29) is 19.1 Å². The molecule has 1 amide bonds. The van der Waals surface area contributed by atoms with Crippen molar-refractivity contribution in [3.8, 4) is 5.75 Å². The van der Waals surface area contributed by atoms with E-state index < -0.39 is 5.54 Å². The lowest BCUT2D eigenvalue weighted by Gasteiger charge is -2.23. The number of benzene rings is 3. The highest BCUT2D eigenvalue weighted by Gasteiger charge is 2.44. The van der Waals surface area contributed by atoms with Gasteiger partial charge in [0.25, 0.3) is 5.91 Å². The van der Waals surface area contributed by atoms with Crippen LogP contribution in [-0.4, -0.2) is 48.8 Å². The Morgan fingerprint density at radius 3 is 2.59 bits per heavy atom. The summed E-state index contributed by atoms with van der Waals surface area (Å²) in [6, 6.07) is 22.4. The second-order valence-corrected chi connectivity index (χ2v) is 9.56. The first-order valence-electron chi connectivity index (χ1n) is 12.1. The van der Waals surface area contributed by atoms with Crippen LogP contribution in [0.4, 0.5) is 0 Å². The van der Waals surface area contributed by atoms with E-state index >= 15 is 0 Å². The van der Waals surface area contributed by atoms with Gasteiger partial charge in [0.2, 0.25) is 5.90 Å². The summed E-state index contributed by atoms with van der Waals surface area (Å²) in [5, 5.41) is 10.1. The molecule has 3 aromatic carbocycles. The van der Waals surface area contributed by atoms with Crippen molar-refractivity contribution >= 4 is 35.0 Å². The zero-order valence-corrected chi connectivity index (χ0v) is 21.8. The van der Waals surface area contributed by atoms with Crippen molar-refractivity contribution in [2.75, 3.05) is 26.4 Å². The van der Waals surface area contributed by atoms with Gasteiger partial charge < -0.3 is 14.6 Å². The molecule has 4 rings (SSSR count). The van der Waals surface area contributed by atoms with E-state index in [2.05, 4.69) is 10.9 Å². The number of carbonyl (C=O) groups excluding carboxylic acids is 1. The largest absolute Gasteiger partial charge is 0.494 e. The van der Waals surface area contributed by atoms with Crippen LogP contribution in [0.5, 0.6) is 5.75 Å². The van der Waals surface area contributed by atoms with Gasteiger partial charge >= 0.3 is 0 Å². The van der Waals surface area contributed by atoms with Crippen LogP contribution in [0.1, 0.15) is 23.1 Å². The Labute approximate surface area is 226 Å². The molecule has 1 heterocycles. The van der Waals surface area contributed by atoms with Crippen LogP contribution in [0.25, 0.3) is 0 Å². The number of aliphatic hydroxyl groups is 1. The zero-order chi connectivity index (χ0) is 26.1. The molecule has 3 aromatic rings. The number of hydrogen-bond donors (Lipinski definition) is 3. The van der Waals surface area contributed by atoms with Gasteiger partial charge in [0.1, 0.15) is 12.4 Å². The minimum Gasteiger partial charge on any atom is -0.494 e. The van der Waals surface area contributed by atoms with Gasteiger partial charge in [-0.1, -0.05) is 59.6 Å². The van der Waals surface area contributed by atoms with Gasteiger partial charge in [0.05, 0.1) is 6.61 Å². The van der Waals surface area contributed by atoms with Crippen LogP contribution in [0, 0.1) is 0 Å². The molecular formula is C28H29Cl2N3O4. The molecule has 0 saturated heterocycles. The topological polar surface area (TPSA) is 92.2 Å². The molecule has 0 aliphatic carbocycles. The van der Waals surface area contributed by atoms with Gasteiger partial charge in [-0.15, -0.1) is 0 Å². The minimum absolute atomic E-state index is 0.0814. The fourth-order valence-electron chi connectivity index (χ4n) is 3.94. The Hall–Kier alpha value is -3.10. The molecule has 9 heteroatoms. The Balaban J connectivity index is 1.45. The van der Waals surface area contributed by atoms with Crippen LogP contribution in [0.15, 0.2) is 77.8 Å². The first-order chi connectivity index (χ1) is 18.0. The summed E-state index contributed by atoms with van der Waals surface area (Å²) < 4.78 is 11.5. The lowest BCUT2D eigenvalue weighted by Crippen LogP contribution is -2.53. The predicted octanol–water partition coefficient (Wildman–Crippen LogP) is 4.38. The molecule has 0 saturated carbocycles. The monoisotopic (exact) mass is 541 g/mol. The summed E-state index contributed by atoms with van der Waals surface area (Å²) in [6.07, 6.45) is 1.56. The third-order valence-electron chi connectivity index (χ3n) is 5.93. The number of rotatable bonds is 12. The number of aliphatic hydroxyl groups excluding tert-OH is 1. The fourth-order valence-corrected chi connectivity index (χ4v) is 4.45. The van der Waals surface area contributed by atoms with E-state index in [9.17, 15) is 4.79 Å². The van der Waals surface area contributed by atoms with E-state index in [0.717, 1.165) is 16.7 Å². The van der Waals surface area contributed by atoms with E-state index in [1.54, 1.807) is 12.1 Å². The molecule has 0 unspecified atom stereocenters. The van der Waals surface area contributed by atoms with E-state index in [1.165, 1.54) is 0 Å². The summed E-state index contributed by atoms with van der Waals surface area (Å²) >= 11 is 12.2. The van der Waals surface area contributed by atoms with Gasteiger partial charge in [-0.3, -0.25) is 10.2 Å². The van der Waals surface area contributed by atoms with Crippen LogP contribution >= 0.6 is 23.2 Å². The summed E-state index contributed by atoms with van der Waals surface area (Å²) in [5.74, 6) is 0.813. The Morgan fingerprint density at radius 2 is 1.86 bits per heavy atom. The third-order valence-corrected chi connectivity index (χ3v) is 6.52. The molecule has 0 bridgehead atoms. The van der Waals surface area contributed by atoms with Gasteiger partial charge in [0, 0.05) is 41.6 Å². The van der Waals surface area contributed by atoms with Crippen molar-refractivity contribution in [1.82, 2.24) is 10.9 Å². The SMILES string of the molecule is O=C(NNCCc1ccc(Cl)cc1Cl)[C@]1(Cc2ccccc2)COC(c2ccc(OCCCO)cc2)=N1. The molecular weight excluding hydrogens is 513 g/mol. The number of nitrogens with zero attached hydrogens (tertiary/aromatic N) is 1. The summed E-state index contributed by atoms with van der Waals surface area (Å²) in [6.45, 7) is 1.11. The highest BCUT2D eigenvalue weighted by molar-refractivity contribution is 6.35. The van der Waals surface area contributed by atoms with Crippen molar-refractivity contribution in [3.63, 3.8) is 0 Å². The van der Waals surface area contributed by atoms with E-state index in [0.29, 0.717) is 54.1 Å². The smallest absolute Gasteiger partial charge is 0.266 e. The number of amides is 1. The summed E-state index contributed by atoms with van der Waals surface area (Å²) in [5.41, 5.74) is 7.34. The molecule has 0 fully saturated rings. The molecule has 194 valence electrons. The maximum atomic E-state index is 13.4. The molecule has 1 aliphatic rings. The van der Waals surface area contributed by atoms with Gasteiger partial charge in [0.15, 0.2) is 5.54 Å². The van der Waals surface area contributed by atoms with Gasteiger partial charge in [-0.2, -0.15) is 0 Å². The number of ether oxygens (including phenoxy) is 2. The number of carbonyl (C=O) groups is 1. The van der Waals surface area contributed by atoms with Crippen LogP contribution < -0.4 is 15.6 Å². The van der Waals surface area contributed by atoms with Crippen molar-refractivity contribution < 1.29 is 19.4 Å². The molecule has 1 aliphatic heterocycles. The van der Waals surface area contributed by atoms with Crippen LogP contribution in [0.2, 0.25) is 10.0 Å². The second kappa shape index (κ2) is 12.9. The Morgan fingerprint density at radius 1 is 1.08 bits per heavy atom. The lowest BCUT2D eigenvalue weighted by molar-refractivity contribution is -0.127. The molecule has 0 radical (unpaired) electrons. The van der Waals surface area contributed by atoms with Crippen molar-refractivity contribution in [3.05, 3.63) is 99.5 Å². The number of nitrogens with one attached hydrogen (secondary N) is 2. The van der Waals surface area contributed by atoms with Crippen molar-refractivity contribution in [2.24, 2.45) is 4.99 Å². The summed E-state index contributed by atoms with van der Waals surface area (Å²) in [4.78, 5) is 18.2. The standard InChI is InChI=1S/C28H29Cl2N3O4/c29-23-10-7-21(25(30)17-23)13-14-31-33-27(35)28(18-20-5-2-1-3-6-20)19-37-26(32-28)22-8-11-24(12-9-22)36-16-4-15-34/h1-3,5-12,17,31,34H,4,13-16,18-19H2,(H,33,35)/t28-/m0/s1. The number of hydrogen-bond acceptors (Lipinski definition) is 6. The van der Waals surface area contributed by atoms with E-state index in [1.807, 2.05) is 60.7 Å². The molecule has 0 spiro atoms. The minimum atomic E-state index is -1.13. The van der Waals surface area contributed by atoms with Crippen molar-refractivity contribution in [1.29, 1.82) is 0 Å². The highest BCUT2D eigenvalue weighted by Crippen LogP contribution is 2.27. The fraction of sp³-hybridized carbons (Fsp3) is 0.286. The second-order valence-electron chi connectivity index (χ2n) is 8.72. The normalized spacial score (nSPS) is 16.7. The highest BCUT2D eigenvalue weighted by atomic mass is 35.5. The Kier molecular flexibility index (Phi) is 9.41. The Bertz CT molecular complexity index is 1220. The van der Waals surface area contributed by atoms with Crippen LogP contribution in [-0.2, 0) is 22.4 Å². The first-order valence-corrected chi connectivity index (χ1v) is 12.8. The predicted molar refractivity (Wildman–Crippen MR) is 145 cm³/mol. The lowest BCUT2D eigenvalue weighted by atomic mass is 9.91. The first kappa shape index (κ1) is 26.9. The van der Waals surface area contributed by atoms with Crippen LogP contribution in [0.3, 0.4) is 0 Å². The molecule has 1 atom stereocenters. The molecule has 37 heavy (non-hydrogen) atoms. The number of aliphatic imine (C=N–C) groups is 1. The van der Waals surface area contributed by atoms with Gasteiger partial charge in [-0.05, 0) is 53.9 Å². The maximum absolute atomic E-state index is 13.4. The molecule has 3 N–H and O–H groups in total. The average Bonchev–Trinajstić information content (AvgIpc) is 3.34. The van der Waals surface area contributed by atoms with E-state index in [4.69, 9.17) is 42.8 Å². The molecule has 0 aromatic heterocycles. The maximum Gasteiger partial charge on any atom is 0.266 e. The summed E-state index contributed by atoms with van der Waals surface area (Å²) in [7, 11) is 0. The number of hydrazine groups is 1.